The lowest BCUT2D eigenvalue weighted by Gasteiger charge is -2.30. The minimum absolute atomic E-state index is 0.367. The fourth-order valence-corrected chi connectivity index (χ4v) is 5.11. The van der Waals surface area contributed by atoms with Crippen LogP contribution in [0.3, 0.4) is 0 Å². The molecular formula is C31H33N5O2. The summed E-state index contributed by atoms with van der Waals surface area (Å²) in [5.41, 5.74) is 12.6. The van der Waals surface area contributed by atoms with Crippen LogP contribution in [0, 0.1) is 0 Å². The molecule has 0 bridgehead atoms. The van der Waals surface area contributed by atoms with Gasteiger partial charge in [0.25, 0.3) is 0 Å². The topological polar surface area (TPSA) is 78.4 Å². The first-order valence-corrected chi connectivity index (χ1v) is 13.2. The Morgan fingerprint density at radius 1 is 0.868 bits per heavy atom. The van der Waals surface area contributed by atoms with Crippen LogP contribution < -0.4 is 10.5 Å². The van der Waals surface area contributed by atoms with Crippen molar-refractivity contribution >= 4 is 21.9 Å². The van der Waals surface area contributed by atoms with E-state index in [4.69, 9.17) is 20.2 Å². The van der Waals surface area contributed by atoms with Crippen LogP contribution in [0.5, 0.6) is 5.75 Å². The number of aromatic nitrogens is 3. The molecule has 1 fully saturated rings. The molecule has 3 heterocycles. The van der Waals surface area contributed by atoms with Crippen LogP contribution in [0.2, 0.25) is 0 Å². The van der Waals surface area contributed by atoms with E-state index < -0.39 is 0 Å². The van der Waals surface area contributed by atoms with Crippen molar-refractivity contribution in [1.82, 2.24) is 19.4 Å². The van der Waals surface area contributed by atoms with E-state index in [1.807, 2.05) is 35.2 Å². The molecule has 2 N–H and O–H groups in total. The second-order valence-electron chi connectivity index (χ2n) is 9.99. The number of ether oxygens (including phenoxy) is 2. The van der Waals surface area contributed by atoms with Crippen molar-refractivity contribution in [3.63, 3.8) is 0 Å². The number of pyridine rings is 1. The summed E-state index contributed by atoms with van der Waals surface area (Å²) in [6.07, 6.45) is 3.99. The van der Waals surface area contributed by atoms with Crippen molar-refractivity contribution in [3.8, 4) is 22.7 Å². The van der Waals surface area contributed by atoms with Gasteiger partial charge in [-0.2, -0.15) is 0 Å². The summed E-state index contributed by atoms with van der Waals surface area (Å²) in [4.78, 5) is 12.0. The average Bonchev–Trinajstić information content (AvgIpc) is 3.38. The first-order chi connectivity index (χ1) is 18.7. The number of fused-ring (bicyclic) bond motifs is 2. The van der Waals surface area contributed by atoms with E-state index in [2.05, 4.69) is 58.4 Å². The molecular weight excluding hydrogens is 474 g/mol. The predicted octanol–water partition coefficient (Wildman–Crippen LogP) is 5.19. The van der Waals surface area contributed by atoms with E-state index >= 15 is 0 Å². The quantitative estimate of drug-likeness (QED) is 0.291. The Morgan fingerprint density at radius 2 is 1.68 bits per heavy atom. The first kappa shape index (κ1) is 24.6. The van der Waals surface area contributed by atoms with Crippen molar-refractivity contribution in [2.75, 3.05) is 33.4 Å². The highest BCUT2D eigenvalue weighted by Crippen LogP contribution is 2.27. The molecule has 3 aromatic carbocycles. The number of methoxy groups -OCH3 is 1. The lowest BCUT2D eigenvalue weighted by atomic mass is 10.0. The van der Waals surface area contributed by atoms with Gasteiger partial charge in [-0.15, -0.1) is 0 Å². The van der Waals surface area contributed by atoms with Crippen LogP contribution in [-0.4, -0.2) is 58.9 Å². The molecule has 1 aliphatic rings. The standard InChI is InChI=1S/C31H33N5O2/c1-37-16-17-38-27-8-10-30-29(19-27)33-21-36(30)31-11-7-25-18-24(6-9-28(25)34-31)23-4-2-22(3-5-23)20-35-14-12-26(32)13-15-35/h2-11,18-19,21,26H,12-17,20,32H2,1H3. The smallest absolute Gasteiger partial charge is 0.139 e. The number of nitrogens with zero attached hydrogens (tertiary/aromatic N) is 4. The zero-order valence-corrected chi connectivity index (χ0v) is 21.7. The number of piperidine rings is 1. The van der Waals surface area contributed by atoms with Crippen molar-refractivity contribution in [3.05, 3.63) is 84.7 Å². The van der Waals surface area contributed by atoms with E-state index in [1.165, 1.54) is 16.7 Å². The third-order valence-electron chi connectivity index (χ3n) is 7.32. The Kier molecular flexibility index (Phi) is 7.05. The van der Waals surface area contributed by atoms with Crippen LogP contribution in [-0.2, 0) is 11.3 Å². The molecule has 0 unspecified atom stereocenters. The Labute approximate surface area is 222 Å². The van der Waals surface area contributed by atoms with Gasteiger partial charge in [0.2, 0.25) is 0 Å². The molecule has 5 aromatic rings. The average molecular weight is 508 g/mol. The van der Waals surface area contributed by atoms with E-state index in [0.29, 0.717) is 19.3 Å². The molecule has 6 rings (SSSR count). The lowest BCUT2D eigenvalue weighted by Crippen LogP contribution is -2.39. The number of hydrogen-bond acceptors (Lipinski definition) is 6. The number of hydrogen-bond donors (Lipinski definition) is 1. The summed E-state index contributed by atoms with van der Waals surface area (Å²) in [6, 6.07) is 25.8. The Balaban J connectivity index is 1.19. The summed E-state index contributed by atoms with van der Waals surface area (Å²) >= 11 is 0. The van der Waals surface area contributed by atoms with Gasteiger partial charge in [0.05, 0.1) is 23.2 Å². The number of nitrogens with two attached hydrogens (primary N) is 1. The molecule has 1 saturated heterocycles. The van der Waals surface area contributed by atoms with Gasteiger partial charge in [-0.05, 0) is 79.0 Å². The summed E-state index contributed by atoms with van der Waals surface area (Å²) in [7, 11) is 1.66. The Morgan fingerprint density at radius 3 is 2.50 bits per heavy atom. The van der Waals surface area contributed by atoms with E-state index in [1.54, 1.807) is 7.11 Å². The highest BCUT2D eigenvalue weighted by atomic mass is 16.5. The van der Waals surface area contributed by atoms with Crippen LogP contribution in [0.1, 0.15) is 18.4 Å². The Hall–Kier alpha value is -3.78. The van der Waals surface area contributed by atoms with E-state index in [0.717, 1.165) is 66.0 Å². The third-order valence-corrected chi connectivity index (χ3v) is 7.32. The van der Waals surface area contributed by atoms with Gasteiger partial charge >= 0.3 is 0 Å². The van der Waals surface area contributed by atoms with Gasteiger partial charge in [0, 0.05) is 31.1 Å². The number of imidazole rings is 1. The SMILES string of the molecule is COCCOc1ccc2c(c1)ncn2-c1ccc2cc(-c3ccc(CN4CCC(N)CC4)cc3)ccc2n1. The maximum atomic E-state index is 6.05. The fourth-order valence-electron chi connectivity index (χ4n) is 5.11. The molecule has 2 aromatic heterocycles. The third kappa shape index (κ3) is 5.27. The minimum Gasteiger partial charge on any atom is -0.491 e. The predicted molar refractivity (Wildman–Crippen MR) is 152 cm³/mol. The number of rotatable bonds is 8. The number of likely N-dealkylation sites (tertiary alicyclic amines) is 1. The number of benzene rings is 3. The highest BCUT2D eigenvalue weighted by molar-refractivity contribution is 5.86. The molecule has 7 heteroatoms. The van der Waals surface area contributed by atoms with Crippen molar-refractivity contribution in [2.45, 2.75) is 25.4 Å². The molecule has 0 spiro atoms. The summed E-state index contributed by atoms with van der Waals surface area (Å²) < 4.78 is 12.8. The van der Waals surface area contributed by atoms with Crippen molar-refractivity contribution in [2.24, 2.45) is 5.73 Å². The van der Waals surface area contributed by atoms with Gasteiger partial charge in [0.15, 0.2) is 0 Å². The fraction of sp³-hybridized carbons (Fsp3) is 0.290. The minimum atomic E-state index is 0.367. The summed E-state index contributed by atoms with van der Waals surface area (Å²) in [5.74, 6) is 1.62. The molecule has 1 aliphatic heterocycles. The van der Waals surface area contributed by atoms with Crippen molar-refractivity contribution < 1.29 is 9.47 Å². The zero-order chi connectivity index (χ0) is 25.9. The van der Waals surface area contributed by atoms with Gasteiger partial charge in [-0.1, -0.05) is 30.3 Å². The Bertz CT molecular complexity index is 1540. The summed E-state index contributed by atoms with van der Waals surface area (Å²) in [5, 5.41) is 1.11. The van der Waals surface area contributed by atoms with Gasteiger partial charge in [0.1, 0.15) is 24.5 Å². The molecule has 0 atom stereocenters. The normalized spacial score (nSPS) is 14.9. The van der Waals surface area contributed by atoms with Crippen LogP contribution >= 0.6 is 0 Å². The molecule has 0 radical (unpaired) electrons. The van der Waals surface area contributed by atoms with Crippen LogP contribution in [0.4, 0.5) is 0 Å². The monoisotopic (exact) mass is 507 g/mol. The molecule has 194 valence electrons. The lowest BCUT2D eigenvalue weighted by molar-refractivity contribution is 0.146. The maximum Gasteiger partial charge on any atom is 0.139 e. The summed E-state index contributed by atoms with van der Waals surface area (Å²) in [6.45, 7) is 4.22. The highest BCUT2D eigenvalue weighted by Gasteiger charge is 2.16. The second-order valence-corrected chi connectivity index (χ2v) is 9.99. The maximum absolute atomic E-state index is 6.05. The molecule has 0 saturated carbocycles. The molecule has 0 aliphatic carbocycles. The van der Waals surface area contributed by atoms with Gasteiger partial charge < -0.3 is 15.2 Å². The van der Waals surface area contributed by atoms with Gasteiger partial charge in [-0.3, -0.25) is 9.47 Å². The first-order valence-electron chi connectivity index (χ1n) is 13.2. The van der Waals surface area contributed by atoms with Crippen LogP contribution in [0.25, 0.3) is 38.9 Å². The van der Waals surface area contributed by atoms with Gasteiger partial charge in [-0.25, -0.2) is 9.97 Å². The zero-order valence-electron chi connectivity index (χ0n) is 21.7. The van der Waals surface area contributed by atoms with E-state index in [-0.39, 0.29) is 0 Å². The molecule has 38 heavy (non-hydrogen) atoms. The molecule has 0 amide bonds. The van der Waals surface area contributed by atoms with Crippen molar-refractivity contribution in [1.29, 1.82) is 0 Å². The largest absolute Gasteiger partial charge is 0.491 e. The van der Waals surface area contributed by atoms with Crippen LogP contribution in [0.15, 0.2) is 79.1 Å². The molecule has 7 nitrogen and oxygen atoms in total. The second kappa shape index (κ2) is 10.9. The van der Waals surface area contributed by atoms with E-state index in [9.17, 15) is 0 Å².